The predicted octanol–water partition coefficient (Wildman–Crippen LogP) is 2.76. The Kier molecular flexibility index (Phi) is 5.76. The summed E-state index contributed by atoms with van der Waals surface area (Å²) in [5, 5.41) is 0. The fraction of sp³-hybridized carbons (Fsp3) is 0.700. The molecule has 0 unspecified atom stereocenters. The zero-order chi connectivity index (χ0) is 20.0. The summed E-state index contributed by atoms with van der Waals surface area (Å²) in [5.74, 6) is 0. The van der Waals surface area contributed by atoms with E-state index in [4.69, 9.17) is 18.7 Å². The number of hydrogen-bond acceptors (Lipinski definition) is 4. The van der Waals surface area contributed by atoms with Gasteiger partial charge in [-0.15, -0.1) is 0 Å². The van der Waals surface area contributed by atoms with Gasteiger partial charge in [0.15, 0.2) is 0 Å². The van der Waals surface area contributed by atoms with Crippen molar-refractivity contribution in [2.75, 3.05) is 7.11 Å². The van der Waals surface area contributed by atoms with Gasteiger partial charge in [0.2, 0.25) is 0 Å². The summed E-state index contributed by atoms with van der Waals surface area (Å²) in [6.07, 6.45) is 0. The molecule has 4 nitrogen and oxygen atoms in total. The van der Waals surface area contributed by atoms with E-state index in [1.54, 1.807) is 14.6 Å². The van der Waals surface area contributed by atoms with Gasteiger partial charge in [0.25, 0.3) is 0 Å². The van der Waals surface area contributed by atoms with Gasteiger partial charge in [-0.1, -0.05) is 29.2 Å². The van der Waals surface area contributed by atoms with E-state index in [9.17, 15) is 0 Å². The molecule has 1 radical (unpaired) electrons. The second-order valence-electron chi connectivity index (χ2n) is 9.23. The standard InChI is InChI=1S/C20H33B2O4/c1-14-11-15(21-24-18(4,5)17(2,3)23-10)13-16(12-14)22-25-19(6,7)20(8,9)26-22/h11-13H,1-10H3. The van der Waals surface area contributed by atoms with Gasteiger partial charge in [-0.2, -0.15) is 0 Å². The van der Waals surface area contributed by atoms with Crippen molar-refractivity contribution in [2.45, 2.75) is 84.7 Å². The second-order valence-corrected chi connectivity index (χ2v) is 9.23. The summed E-state index contributed by atoms with van der Waals surface area (Å²) in [6, 6.07) is 6.25. The summed E-state index contributed by atoms with van der Waals surface area (Å²) < 4.78 is 24.0. The number of ether oxygens (including phenoxy) is 1. The molecular weight excluding hydrogens is 326 g/mol. The lowest BCUT2D eigenvalue weighted by atomic mass is 9.73. The summed E-state index contributed by atoms with van der Waals surface area (Å²) in [5.41, 5.74) is 1.52. The highest BCUT2D eigenvalue weighted by molar-refractivity contribution is 6.63. The molecule has 0 saturated carbocycles. The van der Waals surface area contributed by atoms with Crippen LogP contribution in [0.5, 0.6) is 0 Å². The van der Waals surface area contributed by atoms with E-state index in [1.807, 2.05) is 27.7 Å². The molecule has 1 saturated heterocycles. The number of hydrogen-bond donors (Lipinski definition) is 0. The van der Waals surface area contributed by atoms with Gasteiger partial charge in [-0.25, -0.2) is 0 Å². The first-order valence-electron chi connectivity index (χ1n) is 9.24. The second kappa shape index (κ2) is 6.97. The molecule has 1 aliphatic heterocycles. The van der Waals surface area contributed by atoms with Crippen LogP contribution in [0, 0.1) is 6.92 Å². The molecule has 2 rings (SSSR count). The van der Waals surface area contributed by atoms with Crippen molar-refractivity contribution in [2.24, 2.45) is 0 Å². The Morgan fingerprint density at radius 1 is 0.923 bits per heavy atom. The molecule has 1 aliphatic rings. The van der Waals surface area contributed by atoms with E-state index in [0.717, 1.165) is 16.5 Å². The third-order valence-corrected chi connectivity index (χ3v) is 6.10. The summed E-state index contributed by atoms with van der Waals surface area (Å²) in [4.78, 5) is 0. The molecule has 1 aromatic rings. The van der Waals surface area contributed by atoms with E-state index in [-0.39, 0.29) is 18.3 Å². The SMILES string of the molecule is COC(C)(C)C(C)(C)O[B]c1cc(C)cc(B2OC(C)(C)C(C)(C)O2)c1. The topological polar surface area (TPSA) is 36.9 Å². The molecule has 143 valence electrons. The minimum Gasteiger partial charge on any atom is -0.427 e. The minimum absolute atomic E-state index is 0.355. The Balaban J connectivity index is 2.19. The fourth-order valence-corrected chi connectivity index (χ4v) is 2.63. The summed E-state index contributed by atoms with van der Waals surface area (Å²) in [7, 11) is 3.12. The van der Waals surface area contributed by atoms with Crippen LogP contribution in [0.25, 0.3) is 0 Å². The van der Waals surface area contributed by atoms with Crippen molar-refractivity contribution in [3.8, 4) is 0 Å². The maximum absolute atomic E-state index is 6.18. The van der Waals surface area contributed by atoms with Crippen LogP contribution in [0.1, 0.15) is 61.0 Å². The van der Waals surface area contributed by atoms with Gasteiger partial charge < -0.3 is 18.7 Å². The molecular formula is C20H33B2O4. The van der Waals surface area contributed by atoms with Crippen molar-refractivity contribution in [3.05, 3.63) is 23.8 Å². The monoisotopic (exact) mass is 359 g/mol. The Hall–Kier alpha value is -0.810. The van der Waals surface area contributed by atoms with Crippen molar-refractivity contribution in [1.29, 1.82) is 0 Å². The average Bonchev–Trinajstić information content (AvgIpc) is 2.73. The molecule has 0 N–H and O–H groups in total. The smallest absolute Gasteiger partial charge is 0.427 e. The first-order chi connectivity index (χ1) is 11.7. The third kappa shape index (κ3) is 4.19. The zero-order valence-corrected chi connectivity index (χ0v) is 18.0. The highest BCUT2D eigenvalue weighted by Gasteiger charge is 2.51. The highest BCUT2D eigenvalue weighted by Crippen LogP contribution is 2.36. The maximum Gasteiger partial charge on any atom is 0.494 e. The van der Waals surface area contributed by atoms with Crippen LogP contribution in [0.4, 0.5) is 0 Å². The van der Waals surface area contributed by atoms with E-state index >= 15 is 0 Å². The summed E-state index contributed by atoms with van der Waals surface area (Å²) in [6.45, 7) is 18.4. The Morgan fingerprint density at radius 3 is 1.96 bits per heavy atom. The number of rotatable bonds is 6. The fourth-order valence-electron chi connectivity index (χ4n) is 2.63. The molecule has 0 aromatic heterocycles. The highest BCUT2D eigenvalue weighted by atomic mass is 16.7. The molecule has 0 aliphatic carbocycles. The lowest BCUT2D eigenvalue weighted by Crippen LogP contribution is -2.50. The maximum atomic E-state index is 6.18. The van der Waals surface area contributed by atoms with E-state index in [2.05, 4.69) is 52.8 Å². The molecule has 1 fully saturated rings. The molecule has 0 bridgehead atoms. The van der Waals surface area contributed by atoms with E-state index in [0.29, 0.717) is 0 Å². The van der Waals surface area contributed by atoms with Crippen LogP contribution in [-0.2, 0) is 18.7 Å². The average molecular weight is 359 g/mol. The van der Waals surface area contributed by atoms with E-state index in [1.165, 1.54) is 0 Å². The first kappa shape index (κ1) is 21.5. The quantitative estimate of drug-likeness (QED) is 0.732. The molecule has 6 heteroatoms. The minimum atomic E-state index is -0.476. The Labute approximate surface area is 160 Å². The summed E-state index contributed by atoms with van der Waals surface area (Å²) >= 11 is 0. The molecule has 0 amide bonds. The van der Waals surface area contributed by atoms with Gasteiger partial charge >= 0.3 is 14.6 Å². The van der Waals surface area contributed by atoms with Gasteiger partial charge in [-0.3, -0.25) is 0 Å². The van der Waals surface area contributed by atoms with Gasteiger partial charge in [0.05, 0.1) is 22.4 Å². The van der Waals surface area contributed by atoms with Crippen LogP contribution in [0.15, 0.2) is 18.2 Å². The lowest BCUT2D eigenvalue weighted by molar-refractivity contribution is -0.114. The Bertz CT molecular complexity index is 637. The van der Waals surface area contributed by atoms with Crippen LogP contribution < -0.4 is 10.9 Å². The molecule has 0 atom stereocenters. The van der Waals surface area contributed by atoms with Crippen molar-refractivity contribution in [3.63, 3.8) is 0 Å². The zero-order valence-electron chi connectivity index (χ0n) is 18.0. The van der Waals surface area contributed by atoms with Crippen molar-refractivity contribution < 1.29 is 18.7 Å². The number of methoxy groups -OCH3 is 1. The van der Waals surface area contributed by atoms with Crippen molar-refractivity contribution in [1.82, 2.24) is 0 Å². The van der Waals surface area contributed by atoms with Crippen LogP contribution in [-0.4, -0.2) is 44.1 Å². The van der Waals surface area contributed by atoms with Crippen LogP contribution >= 0.6 is 0 Å². The van der Waals surface area contributed by atoms with Gasteiger partial charge in [-0.05, 0) is 67.8 Å². The van der Waals surface area contributed by atoms with E-state index < -0.39 is 11.2 Å². The lowest BCUT2D eigenvalue weighted by Gasteiger charge is -2.40. The molecule has 26 heavy (non-hydrogen) atoms. The molecule has 1 aromatic carbocycles. The normalized spacial score (nSPS) is 19.7. The van der Waals surface area contributed by atoms with Gasteiger partial charge in [0, 0.05) is 7.11 Å². The number of aryl methyl sites for hydroxylation is 1. The number of benzene rings is 1. The predicted molar refractivity (Wildman–Crippen MR) is 109 cm³/mol. The third-order valence-electron chi connectivity index (χ3n) is 6.10. The van der Waals surface area contributed by atoms with Crippen molar-refractivity contribution >= 4 is 25.5 Å². The Morgan fingerprint density at radius 2 is 1.46 bits per heavy atom. The largest absolute Gasteiger partial charge is 0.494 e. The van der Waals surface area contributed by atoms with Crippen LogP contribution in [0.2, 0.25) is 0 Å². The first-order valence-corrected chi connectivity index (χ1v) is 9.24. The molecule has 1 heterocycles. The van der Waals surface area contributed by atoms with Crippen LogP contribution in [0.3, 0.4) is 0 Å². The van der Waals surface area contributed by atoms with Gasteiger partial charge in [0.1, 0.15) is 0 Å². The molecule has 0 spiro atoms.